The molecule has 0 aliphatic carbocycles. The summed E-state index contributed by atoms with van der Waals surface area (Å²) in [4.78, 5) is 2.56. The zero-order valence-corrected chi connectivity index (χ0v) is 13.3. The van der Waals surface area contributed by atoms with Gasteiger partial charge in [-0.1, -0.05) is 13.8 Å². The van der Waals surface area contributed by atoms with E-state index in [-0.39, 0.29) is 0 Å². The first-order valence-electron chi connectivity index (χ1n) is 7.19. The molecule has 0 spiro atoms. The van der Waals surface area contributed by atoms with E-state index < -0.39 is 0 Å². The molecule has 1 atom stereocenters. The van der Waals surface area contributed by atoms with E-state index in [4.69, 9.17) is 4.42 Å². The minimum Gasteiger partial charge on any atom is -0.465 e. The second kappa shape index (κ2) is 6.82. The molecule has 1 unspecified atom stereocenters. The average molecular weight is 282 g/mol. The molecule has 19 heavy (non-hydrogen) atoms. The molecule has 1 fully saturated rings. The molecule has 1 saturated heterocycles. The summed E-state index contributed by atoms with van der Waals surface area (Å²) in [6.45, 7) is 11.8. The summed E-state index contributed by atoms with van der Waals surface area (Å²) in [5, 5.41) is 3.40. The molecule has 0 bridgehead atoms. The largest absolute Gasteiger partial charge is 0.465 e. The van der Waals surface area contributed by atoms with Crippen LogP contribution in [0.3, 0.4) is 0 Å². The average Bonchev–Trinajstić information content (AvgIpc) is 2.71. The van der Waals surface area contributed by atoms with Crippen molar-refractivity contribution in [1.29, 1.82) is 0 Å². The smallest absolute Gasteiger partial charge is 0.118 e. The van der Waals surface area contributed by atoms with Crippen LogP contribution in [0.5, 0.6) is 0 Å². The van der Waals surface area contributed by atoms with Crippen molar-refractivity contribution in [3.8, 4) is 0 Å². The number of nitrogens with one attached hydrogen (secondary N) is 1. The van der Waals surface area contributed by atoms with Gasteiger partial charge in [-0.2, -0.15) is 11.8 Å². The van der Waals surface area contributed by atoms with Gasteiger partial charge in [0.05, 0.1) is 6.54 Å². The summed E-state index contributed by atoms with van der Waals surface area (Å²) in [6.07, 6.45) is 0. The van der Waals surface area contributed by atoms with E-state index in [1.807, 2.05) is 0 Å². The zero-order valence-electron chi connectivity index (χ0n) is 12.5. The van der Waals surface area contributed by atoms with Gasteiger partial charge in [-0.15, -0.1) is 0 Å². The van der Waals surface area contributed by atoms with Crippen molar-refractivity contribution in [2.24, 2.45) is 0 Å². The van der Waals surface area contributed by atoms with Gasteiger partial charge in [0.25, 0.3) is 0 Å². The van der Waals surface area contributed by atoms with Crippen LogP contribution < -0.4 is 5.32 Å². The maximum Gasteiger partial charge on any atom is 0.118 e. The molecule has 0 saturated carbocycles. The second-order valence-electron chi connectivity index (χ2n) is 5.72. The highest BCUT2D eigenvalue weighted by Gasteiger charge is 2.20. The summed E-state index contributed by atoms with van der Waals surface area (Å²) in [5.41, 5.74) is 1.35. The molecule has 1 N–H and O–H groups in total. The highest BCUT2D eigenvalue weighted by Crippen LogP contribution is 2.22. The molecule has 4 heteroatoms. The molecule has 1 aromatic heterocycles. The van der Waals surface area contributed by atoms with Crippen molar-refractivity contribution in [3.63, 3.8) is 0 Å². The lowest BCUT2D eigenvalue weighted by atomic mass is 10.2. The highest BCUT2D eigenvalue weighted by molar-refractivity contribution is 7.99. The molecule has 2 heterocycles. The molecular formula is C15H26N2OS. The third-order valence-electron chi connectivity index (χ3n) is 3.63. The molecule has 1 aromatic rings. The van der Waals surface area contributed by atoms with Crippen LogP contribution in [0.25, 0.3) is 0 Å². The number of hydrogen-bond donors (Lipinski definition) is 1. The van der Waals surface area contributed by atoms with Gasteiger partial charge >= 0.3 is 0 Å². The van der Waals surface area contributed by atoms with E-state index in [0.29, 0.717) is 12.1 Å². The van der Waals surface area contributed by atoms with Crippen molar-refractivity contribution >= 4 is 11.8 Å². The monoisotopic (exact) mass is 282 g/mol. The Hall–Kier alpha value is -0.450. The van der Waals surface area contributed by atoms with E-state index in [2.05, 4.69) is 55.7 Å². The SMILES string of the molecule is Cc1oc(CNC(C)C)cc1CN1CCSCC1C. The number of hydrogen-bond acceptors (Lipinski definition) is 4. The maximum absolute atomic E-state index is 5.85. The molecule has 1 aliphatic heterocycles. The van der Waals surface area contributed by atoms with Gasteiger partial charge in [-0.05, 0) is 19.9 Å². The van der Waals surface area contributed by atoms with Gasteiger partial charge in [0.2, 0.25) is 0 Å². The Balaban J connectivity index is 1.96. The normalized spacial score (nSPS) is 21.2. The van der Waals surface area contributed by atoms with E-state index in [1.54, 1.807) is 0 Å². The van der Waals surface area contributed by atoms with Crippen LogP contribution in [0, 0.1) is 6.92 Å². The van der Waals surface area contributed by atoms with E-state index in [0.717, 1.165) is 24.6 Å². The Morgan fingerprint density at radius 1 is 1.53 bits per heavy atom. The molecule has 1 aliphatic rings. The summed E-state index contributed by atoms with van der Waals surface area (Å²) in [6, 6.07) is 3.39. The van der Waals surface area contributed by atoms with Crippen molar-refractivity contribution in [2.45, 2.75) is 52.9 Å². The number of furan rings is 1. The summed E-state index contributed by atoms with van der Waals surface area (Å²) in [7, 11) is 0. The number of aryl methyl sites for hydroxylation is 1. The van der Waals surface area contributed by atoms with Crippen LogP contribution >= 0.6 is 11.8 Å². The molecule has 2 rings (SSSR count). The quantitative estimate of drug-likeness (QED) is 0.898. The molecule has 108 valence electrons. The van der Waals surface area contributed by atoms with E-state index in [9.17, 15) is 0 Å². The van der Waals surface area contributed by atoms with Crippen LogP contribution in [0.4, 0.5) is 0 Å². The van der Waals surface area contributed by atoms with Crippen molar-refractivity contribution in [3.05, 3.63) is 23.2 Å². The van der Waals surface area contributed by atoms with Gasteiger partial charge in [-0.25, -0.2) is 0 Å². The first kappa shape index (κ1) is 14.9. The van der Waals surface area contributed by atoms with E-state index in [1.165, 1.54) is 23.6 Å². The van der Waals surface area contributed by atoms with Crippen LogP contribution in [0.2, 0.25) is 0 Å². The summed E-state index contributed by atoms with van der Waals surface area (Å²) >= 11 is 2.06. The lowest BCUT2D eigenvalue weighted by Crippen LogP contribution is -2.39. The fourth-order valence-corrected chi connectivity index (χ4v) is 3.43. The molecule has 0 amide bonds. The fraction of sp³-hybridized carbons (Fsp3) is 0.733. The minimum absolute atomic E-state index is 0.494. The first-order chi connectivity index (χ1) is 9.06. The maximum atomic E-state index is 5.85. The lowest BCUT2D eigenvalue weighted by Gasteiger charge is -2.32. The Bertz CT molecular complexity index is 403. The van der Waals surface area contributed by atoms with Crippen molar-refractivity contribution in [2.75, 3.05) is 18.1 Å². The van der Waals surface area contributed by atoms with Gasteiger partial charge < -0.3 is 9.73 Å². The highest BCUT2D eigenvalue weighted by atomic mass is 32.2. The Morgan fingerprint density at radius 3 is 3.00 bits per heavy atom. The lowest BCUT2D eigenvalue weighted by molar-refractivity contribution is 0.222. The van der Waals surface area contributed by atoms with E-state index >= 15 is 0 Å². The molecule has 3 nitrogen and oxygen atoms in total. The second-order valence-corrected chi connectivity index (χ2v) is 6.87. The van der Waals surface area contributed by atoms with Gasteiger partial charge in [0, 0.05) is 42.2 Å². The van der Waals surface area contributed by atoms with Crippen LogP contribution in [0.15, 0.2) is 10.5 Å². The third kappa shape index (κ3) is 4.26. The Labute approximate surface area is 121 Å². The van der Waals surface area contributed by atoms with Crippen LogP contribution in [-0.2, 0) is 13.1 Å². The van der Waals surface area contributed by atoms with Crippen LogP contribution in [0.1, 0.15) is 37.9 Å². The first-order valence-corrected chi connectivity index (χ1v) is 8.35. The number of rotatable bonds is 5. The number of thioether (sulfide) groups is 1. The topological polar surface area (TPSA) is 28.4 Å². The van der Waals surface area contributed by atoms with Crippen molar-refractivity contribution < 1.29 is 4.42 Å². The van der Waals surface area contributed by atoms with Crippen LogP contribution in [-0.4, -0.2) is 35.0 Å². The molecular weight excluding hydrogens is 256 g/mol. The molecule has 0 radical (unpaired) electrons. The van der Waals surface area contributed by atoms with Gasteiger partial charge in [-0.3, -0.25) is 4.90 Å². The van der Waals surface area contributed by atoms with Gasteiger partial charge in [0.15, 0.2) is 0 Å². The number of nitrogens with zero attached hydrogens (tertiary/aromatic N) is 1. The predicted molar refractivity (Wildman–Crippen MR) is 82.6 cm³/mol. The standard InChI is InChI=1S/C15H26N2OS/c1-11(2)16-8-15-7-14(13(4)18-15)9-17-5-6-19-10-12(17)3/h7,11-12,16H,5-6,8-10H2,1-4H3. The van der Waals surface area contributed by atoms with Crippen molar-refractivity contribution in [1.82, 2.24) is 10.2 Å². The van der Waals surface area contributed by atoms with Gasteiger partial charge in [0.1, 0.15) is 11.5 Å². The summed E-state index contributed by atoms with van der Waals surface area (Å²) < 4.78 is 5.85. The molecule has 0 aromatic carbocycles. The minimum atomic E-state index is 0.494. The third-order valence-corrected chi connectivity index (χ3v) is 4.82. The Kier molecular flexibility index (Phi) is 5.37. The summed E-state index contributed by atoms with van der Waals surface area (Å²) in [5.74, 6) is 4.63. The Morgan fingerprint density at radius 2 is 2.32 bits per heavy atom. The zero-order chi connectivity index (χ0) is 13.8. The fourth-order valence-electron chi connectivity index (χ4n) is 2.35. The predicted octanol–water partition coefficient (Wildman–Crippen LogP) is 3.02.